The van der Waals surface area contributed by atoms with Crippen LogP contribution in [-0.2, 0) is 11.0 Å². The zero-order valence-electron chi connectivity index (χ0n) is 15.0. The predicted octanol–water partition coefficient (Wildman–Crippen LogP) is 4.30. The number of fused-ring (bicyclic) bond motifs is 1. The van der Waals surface area contributed by atoms with Crippen molar-refractivity contribution < 1.29 is 4.43 Å². The maximum Gasteiger partial charge on any atom is 0.266 e. The monoisotopic (exact) mass is 429 g/mol. The average molecular weight is 430 g/mol. The molecule has 0 bridgehead atoms. The molecular weight excluding hydrogens is 406 g/mol. The SMILES string of the molecule is CSc1ncc2cc(Br)c(=O)n(CCO[Si](C)(C)C(C)(C)C)c2n1. The summed E-state index contributed by atoms with van der Waals surface area (Å²) in [5, 5.41) is 1.64. The van der Waals surface area contributed by atoms with Crippen LogP contribution in [-0.4, -0.2) is 35.7 Å². The Morgan fingerprint density at radius 1 is 1.38 bits per heavy atom. The van der Waals surface area contributed by atoms with Crippen molar-refractivity contribution in [2.45, 2.75) is 50.6 Å². The van der Waals surface area contributed by atoms with Gasteiger partial charge in [-0.05, 0) is 46.4 Å². The summed E-state index contributed by atoms with van der Waals surface area (Å²) >= 11 is 4.80. The molecule has 0 atom stereocenters. The van der Waals surface area contributed by atoms with Crippen molar-refractivity contribution in [2.75, 3.05) is 12.9 Å². The van der Waals surface area contributed by atoms with Crippen LogP contribution >= 0.6 is 27.7 Å². The summed E-state index contributed by atoms with van der Waals surface area (Å²) in [5.41, 5.74) is 0.563. The number of rotatable bonds is 5. The van der Waals surface area contributed by atoms with Gasteiger partial charge >= 0.3 is 0 Å². The van der Waals surface area contributed by atoms with Crippen LogP contribution < -0.4 is 5.56 Å². The Morgan fingerprint density at radius 3 is 2.62 bits per heavy atom. The van der Waals surface area contributed by atoms with E-state index >= 15 is 0 Å². The molecule has 0 N–H and O–H groups in total. The van der Waals surface area contributed by atoms with Crippen molar-refractivity contribution in [3.05, 3.63) is 27.1 Å². The minimum atomic E-state index is -1.84. The lowest BCUT2D eigenvalue weighted by Gasteiger charge is -2.36. The fourth-order valence-corrected chi connectivity index (χ4v) is 3.85. The predicted molar refractivity (Wildman–Crippen MR) is 106 cm³/mol. The van der Waals surface area contributed by atoms with Crippen molar-refractivity contribution in [1.29, 1.82) is 0 Å². The first-order valence-corrected chi connectivity index (χ1v) is 12.7. The molecule has 0 fully saturated rings. The van der Waals surface area contributed by atoms with Crippen LogP contribution in [0.4, 0.5) is 0 Å². The van der Waals surface area contributed by atoms with Gasteiger partial charge in [-0.15, -0.1) is 0 Å². The van der Waals surface area contributed by atoms with Gasteiger partial charge in [0, 0.05) is 18.1 Å². The maximum absolute atomic E-state index is 12.5. The summed E-state index contributed by atoms with van der Waals surface area (Å²) in [7, 11) is -1.84. The van der Waals surface area contributed by atoms with Crippen LogP contribution in [0.5, 0.6) is 0 Å². The van der Waals surface area contributed by atoms with E-state index in [0.717, 1.165) is 5.39 Å². The van der Waals surface area contributed by atoms with Gasteiger partial charge in [-0.25, -0.2) is 9.97 Å². The van der Waals surface area contributed by atoms with Gasteiger partial charge in [-0.1, -0.05) is 32.5 Å². The highest BCUT2D eigenvalue weighted by Gasteiger charge is 2.36. The van der Waals surface area contributed by atoms with E-state index in [1.54, 1.807) is 16.8 Å². The normalized spacial score (nSPS) is 12.8. The van der Waals surface area contributed by atoms with Crippen LogP contribution in [0.1, 0.15) is 20.8 Å². The smallest absolute Gasteiger partial charge is 0.266 e. The molecule has 0 unspecified atom stereocenters. The number of hydrogen-bond donors (Lipinski definition) is 0. The van der Waals surface area contributed by atoms with Crippen LogP contribution in [0.25, 0.3) is 11.0 Å². The topological polar surface area (TPSA) is 57.0 Å². The molecule has 0 saturated carbocycles. The Bertz CT molecular complexity index is 802. The molecule has 5 nitrogen and oxygen atoms in total. The quantitative estimate of drug-likeness (QED) is 0.402. The van der Waals surface area contributed by atoms with E-state index in [1.165, 1.54) is 11.8 Å². The zero-order valence-corrected chi connectivity index (χ0v) is 18.4. The van der Waals surface area contributed by atoms with Crippen molar-refractivity contribution in [3.63, 3.8) is 0 Å². The molecule has 2 aromatic heterocycles. The first-order valence-electron chi connectivity index (χ1n) is 7.81. The Kier molecular flexibility index (Phi) is 5.94. The molecule has 132 valence electrons. The van der Waals surface area contributed by atoms with E-state index in [-0.39, 0.29) is 10.6 Å². The number of nitrogens with zero attached hydrogens (tertiary/aromatic N) is 3. The van der Waals surface area contributed by atoms with E-state index in [2.05, 4.69) is 59.8 Å². The molecule has 24 heavy (non-hydrogen) atoms. The van der Waals surface area contributed by atoms with E-state index in [0.29, 0.717) is 28.4 Å². The number of aromatic nitrogens is 3. The molecule has 0 amide bonds. The van der Waals surface area contributed by atoms with Crippen molar-refractivity contribution in [2.24, 2.45) is 0 Å². The van der Waals surface area contributed by atoms with E-state index in [1.807, 2.05) is 6.26 Å². The van der Waals surface area contributed by atoms with Crippen LogP contribution in [0.2, 0.25) is 18.1 Å². The molecule has 0 spiro atoms. The van der Waals surface area contributed by atoms with Gasteiger partial charge in [-0.3, -0.25) is 9.36 Å². The third-order valence-corrected chi connectivity index (χ3v) is 10.2. The maximum atomic E-state index is 12.5. The Balaban J connectivity index is 2.34. The zero-order chi connectivity index (χ0) is 18.1. The van der Waals surface area contributed by atoms with Crippen molar-refractivity contribution >= 4 is 47.0 Å². The Labute approximate surface area is 156 Å². The molecule has 0 saturated heterocycles. The van der Waals surface area contributed by atoms with Crippen molar-refractivity contribution in [3.8, 4) is 0 Å². The third kappa shape index (κ3) is 4.09. The lowest BCUT2D eigenvalue weighted by atomic mass is 10.2. The highest BCUT2D eigenvalue weighted by molar-refractivity contribution is 9.10. The molecule has 2 aromatic rings. The van der Waals surface area contributed by atoms with Gasteiger partial charge in [0.25, 0.3) is 5.56 Å². The first-order chi connectivity index (χ1) is 11.1. The minimum Gasteiger partial charge on any atom is -0.415 e. The molecule has 2 rings (SSSR count). The number of thioether (sulfide) groups is 1. The Morgan fingerprint density at radius 2 is 2.04 bits per heavy atom. The van der Waals surface area contributed by atoms with Gasteiger partial charge in [0.15, 0.2) is 13.5 Å². The lowest BCUT2D eigenvalue weighted by molar-refractivity contribution is 0.271. The second-order valence-corrected chi connectivity index (χ2v) is 13.6. The third-order valence-electron chi connectivity index (χ3n) is 4.53. The summed E-state index contributed by atoms with van der Waals surface area (Å²) in [6.45, 7) is 12.0. The molecule has 0 aliphatic rings. The Hall–Kier alpha value is -0.703. The summed E-state index contributed by atoms with van der Waals surface area (Å²) in [6, 6.07) is 1.77. The largest absolute Gasteiger partial charge is 0.415 e. The highest BCUT2D eigenvalue weighted by Crippen LogP contribution is 2.36. The second-order valence-electron chi connectivity index (χ2n) is 7.19. The molecule has 0 aliphatic heterocycles. The highest BCUT2D eigenvalue weighted by atomic mass is 79.9. The number of halogens is 1. The van der Waals surface area contributed by atoms with Crippen LogP contribution in [0.15, 0.2) is 26.7 Å². The molecule has 0 radical (unpaired) electrons. The van der Waals surface area contributed by atoms with Gasteiger partial charge in [0.2, 0.25) is 0 Å². The first kappa shape index (κ1) is 19.6. The van der Waals surface area contributed by atoms with Gasteiger partial charge in [0.1, 0.15) is 5.65 Å². The van der Waals surface area contributed by atoms with Crippen molar-refractivity contribution in [1.82, 2.24) is 14.5 Å². The van der Waals surface area contributed by atoms with E-state index in [9.17, 15) is 4.79 Å². The van der Waals surface area contributed by atoms with Gasteiger partial charge in [0.05, 0.1) is 11.1 Å². The average Bonchev–Trinajstić information content (AvgIpc) is 2.49. The number of hydrogen-bond acceptors (Lipinski definition) is 5. The second kappa shape index (κ2) is 7.27. The van der Waals surface area contributed by atoms with Crippen LogP contribution in [0, 0.1) is 0 Å². The van der Waals surface area contributed by atoms with Gasteiger partial charge < -0.3 is 4.43 Å². The van der Waals surface area contributed by atoms with E-state index in [4.69, 9.17) is 4.43 Å². The molecule has 8 heteroatoms. The standard InChI is InChI=1S/C16H24BrN3O2SSi/c1-16(2,3)24(5,6)22-8-7-20-13-11(9-12(17)14(20)21)10-18-15(19-13)23-4/h9-10H,7-8H2,1-6H3. The summed E-state index contributed by atoms with van der Waals surface area (Å²) in [5.74, 6) is 0. The fraction of sp³-hybridized carbons (Fsp3) is 0.562. The number of pyridine rings is 1. The lowest BCUT2D eigenvalue weighted by Crippen LogP contribution is -2.41. The fourth-order valence-electron chi connectivity index (χ4n) is 2.02. The molecule has 2 heterocycles. The van der Waals surface area contributed by atoms with E-state index < -0.39 is 8.32 Å². The molecule has 0 aliphatic carbocycles. The van der Waals surface area contributed by atoms with Gasteiger partial charge in [-0.2, -0.15) is 0 Å². The minimum absolute atomic E-state index is 0.0907. The summed E-state index contributed by atoms with van der Waals surface area (Å²) < 4.78 is 8.40. The molecule has 0 aromatic carbocycles. The molecular formula is C16H24BrN3O2SSi. The summed E-state index contributed by atoms with van der Waals surface area (Å²) in [6.07, 6.45) is 3.67. The van der Waals surface area contributed by atoms with Crippen LogP contribution in [0.3, 0.4) is 0 Å². The summed E-state index contributed by atoms with van der Waals surface area (Å²) in [4.78, 5) is 21.3.